The lowest BCUT2D eigenvalue weighted by molar-refractivity contribution is 0.0778. The fraction of sp³-hybridized carbons (Fsp3) is 1.00. The van der Waals surface area contributed by atoms with Crippen molar-refractivity contribution in [3.8, 4) is 0 Å². The van der Waals surface area contributed by atoms with Gasteiger partial charge in [-0.1, -0.05) is 19.3 Å². The zero-order valence-corrected chi connectivity index (χ0v) is 10.4. The highest BCUT2D eigenvalue weighted by Crippen LogP contribution is 2.28. The Kier molecular flexibility index (Phi) is 3.68. The minimum absolute atomic E-state index is 0.371. The van der Waals surface area contributed by atoms with Gasteiger partial charge in [-0.2, -0.15) is 0 Å². The largest absolute Gasteiger partial charge is 0.313 e. The van der Waals surface area contributed by atoms with Crippen molar-refractivity contribution in [3.63, 3.8) is 0 Å². The molecule has 0 radical (unpaired) electrons. The first-order valence-electron chi connectivity index (χ1n) is 6.66. The lowest BCUT2D eigenvalue weighted by atomic mass is 9.87. The summed E-state index contributed by atoms with van der Waals surface area (Å²) in [6.07, 6.45) is 9.97. The zero-order valence-electron chi connectivity index (χ0n) is 10.4. The smallest absolute Gasteiger partial charge is 0.0278 e. The van der Waals surface area contributed by atoms with E-state index in [4.69, 9.17) is 0 Å². The molecule has 1 aliphatic heterocycles. The molecule has 2 aliphatic rings. The van der Waals surface area contributed by atoms with Gasteiger partial charge in [-0.15, -0.1) is 0 Å². The van der Waals surface area contributed by atoms with Crippen LogP contribution in [0.5, 0.6) is 0 Å². The summed E-state index contributed by atoms with van der Waals surface area (Å²) in [5.74, 6) is 0. The van der Waals surface area contributed by atoms with Crippen LogP contribution in [0.1, 0.15) is 51.9 Å². The van der Waals surface area contributed by atoms with Crippen molar-refractivity contribution in [1.82, 2.24) is 10.2 Å². The van der Waals surface area contributed by atoms with E-state index in [0.29, 0.717) is 5.54 Å². The molecular formula is C13H26N2. The van der Waals surface area contributed by atoms with Crippen molar-refractivity contribution < 1.29 is 0 Å². The molecule has 2 nitrogen and oxygen atoms in total. The maximum Gasteiger partial charge on any atom is 0.0278 e. The Morgan fingerprint density at radius 2 is 1.87 bits per heavy atom. The van der Waals surface area contributed by atoms with E-state index in [1.165, 1.54) is 58.0 Å². The van der Waals surface area contributed by atoms with Gasteiger partial charge in [-0.3, -0.25) is 4.90 Å². The molecule has 15 heavy (non-hydrogen) atoms. The Morgan fingerprint density at radius 3 is 2.53 bits per heavy atom. The third-order valence-corrected chi connectivity index (χ3v) is 4.42. The second-order valence-corrected chi connectivity index (χ2v) is 5.68. The summed E-state index contributed by atoms with van der Waals surface area (Å²) in [5, 5.41) is 3.51. The number of rotatable bonds is 2. The van der Waals surface area contributed by atoms with Gasteiger partial charge >= 0.3 is 0 Å². The standard InChI is InChI=1S/C13H26N2/c1-13(14-2)9-6-10-15(11-13)12-7-4-3-5-8-12/h12,14H,3-11H2,1-2H3. The lowest BCUT2D eigenvalue weighted by Gasteiger charge is -2.45. The Labute approximate surface area is 94.4 Å². The summed E-state index contributed by atoms with van der Waals surface area (Å²) in [4.78, 5) is 2.75. The molecule has 1 saturated heterocycles. The maximum absolute atomic E-state index is 3.51. The van der Waals surface area contributed by atoms with Crippen LogP contribution >= 0.6 is 0 Å². The van der Waals surface area contributed by atoms with Crippen molar-refractivity contribution in [3.05, 3.63) is 0 Å². The van der Waals surface area contributed by atoms with Crippen LogP contribution in [0, 0.1) is 0 Å². The van der Waals surface area contributed by atoms with Crippen molar-refractivity contribution in [2.75, 3.05) is 20.1 Å². The van der Waals surface area contributed by atoms with E-state index >= 15 is 0 Å². The third-order valence-electron chi connectivity index (χ3n) is 4.42. The van der Waals surface area contributed by atoms with Gasteiger partial charge in [0, 0.05) is 18.1 Å². The topological polar surface area (TPSA) is 15.3 Å². The van der Waals surface area contributed by atoms with Gasteiger partial charge in [0.1, 0.15) is 0 Å². The van der Waals surface area contributed by atoms with E-state index in [2.05, 4.69) is 24.2 Å². The molecule has 2 rings (SSSR count). The average Bonchev–Trinajstić information content (AvgIpc) is 2.30. The first-order valence-corrected chi connectivity index (χ1v) is 6.66. The SMILES string of the molecule is CNC1(C)CCCN(C2CCCCC2)C1. The number of hydrogen-bond acceptors (Lipinski definition) is 2. The molecular weight excluding hydrogens is 184 g/mol. The number of piperidine rings is 1. The fourth-order valence-corrected chi connectivity index (χ4v) is 3.24. The quantitative estimate of drug-likeness (QED) is 0.753. The molecule has 0 spiro atoms. The monoisotopic (exact) mass is 210 g/mol. The van der Waals surface area contributed by atoms with E-state index in [-0.39, 0.29) is 0 Å². The van der Waals surface area contributed by atoms with Crippen LogP contribution in [0.15, 0.2) is 0 Å². The Bertz CT molecular complexity index is 199. The molecule has 2 heteroatoms. The average molecular weight is 210 g/mol. The third kappa shape index (κ3) is 2.73. The summed E-state index contributed by atoms with van der Waals surface area (Å²) in [6.45, 7) is 4.97. The molecule has 2 fully saturated rings. The molecule has 1 heterocycles. The predicted molar refractivity (Wildman–Crippen MR) is 65.1 cm³/mol. The van der Waals surface area contributed by atoms with E-state index in [1.54, 1.807) is 0 Å². The van der Waals surface area contributed by atoms with Crippen LogP contribution in [0.4, 0.5) is 0 Å². The van der Waals surface area contributed by atoms with Gasteiger partial charge in [0.05, 0.1) is 0 Å². The highest BCUT2D eigenvalue weighted by atomic mass is 15.2. The fourth-order valence-electron chi connectivity index (χ4n) is 3.24. The molecule has 1 aliphatic carbocycles. The molecule has 1 N–H and O–H groups in total. The molecule has 0 aromatic heterocycles. The van der Waals surface area contributed by atoms with Crippen LogP contribution in [0.3, 0.4) is 0 Å². The highest BCUT2D eigenvalue weighted by Gasteiger charge is 2.32. The van der Waals surface area contributed by atoms with Crippen molar-refractivity contribution in [1.29, 1.82) is 0 Å². The second kappa shape index (κ2) is 4.84. The number of hydrogen-bond donors (Lipinski definition) is 1. The lowest BCUT2D eigenvalue weighted by Crippen LogP contribution is -2.56. The van der Waals surface area contributed by atoms with Crippen molar-refractivity contribution in [2.24, 2.45) is 0 Å². The molecule has 88 valence electrons. The first-order chi connectivity index (χ1) is 7.23. The van der Waals surface area contributed by atoms with Crippen molar-refractivity contribution in [2.45, 2.75) is 63.5 Å². The van der Waals surface area contributed by atoms with Crippen LogP contribution in [0.25, 0.3) is 0 Å². The normalized spacial score (nSPS) is 35.6. The summed E-state index contributed by atoms with van der Waals surface area (Å²) >= 11 is 0. The number of likely N-dealkylation sites (N-methyl/N-ethyl adjacent to an activating group) is 1. The highest BCUT2D eigenvalue weighted by molar-refractivity contribution is 4.92. The van der Waals surface area contributed by atoms with Gasteiger partial charge < -0.3 is 5.32 Å². The van der Waals surface area contributed by atoms with Gasteiger partial charge in [0.25, 0.3) is 0 Å². The number of nitrogens with one attached hydrogen (secondary N) is 1. The van der Waals surface area contributed by atoms with Gasteiger partial charge in [0.2, 0.25) is 0 Å². The van der Waals surface area contributed by atoms with E-state index in [9.17, 15) is 0 Å². The van der Waals surface area contributed by atoms with E-state index in [1.807, 2.05) is 0 Å². The predicted octanol–water partition coefficient (Wildman–Crippen LogP) is 2.39. The molecule has 1 atom stereocenters. The zero-order chi connectivity index (χ0) is 10.7. The van der Waals surface area contributed by atoms with Gasteiger partial charge in [-0.25, -0.2) is 0 Å². The number of likely N-dealkylation sites (tertiary alicyclic amines) is 1. The summed E-state index contributed by atoms with van der Waals surface area (Å²) in [6, 6.07) is 0.895. The summed E-state index contributed by atoms with van der Waals surface area (Å²) < 4.78 is 0. The van der Waals surface area contributed by atoms with E-state index < -0.39 is 0 Å². The molecule has 0 aromatic carbocycles. The summed E-state index contributed by atoms with van der Waals surface area (Å²) in [5.41, 5.74) is 0.371. The Balaban J connectivity index is 1.91. The maximum atomic E-state index is 3.51. The van der Waals surface area contributed by atoms with Crippen LogP contribution in [-0.2, 0) is 0 Å². The molecule has 0 aromatic rings. The minimum atomic E-state index is 0.371. The second-order valence-electron chi connectivity index (χ2n) is 5.68. The minimum Gasteiger partial charge on any atom is -0.313 e. The van der Waals surface area contributed by atoms with Gasteiger partial charge in [0.15, 0.2) is 0 Å². The molecule has 1 unspecified atom stereocenters. The molecule has 0 bridgehead atoms. The summed E-state index contributed by atoms with van der Waals surface area (Å²) in [7, 11) is 2.12. The van der Waals surface area contributed by atoms with Crippen LogP contribution < -0.4 is 5.32 Å². The molecule has 0 amide bonds. The van der Waals surface area contributed by atoms with Crippen LogP contribution in [-0.4, -0.2) is 36.6 Å². The van der Waals surface area contributed by atoms with Gasteiger partial charge in [-0.05, 0) is 46.2 Å². The Hall–Kier alpha value is -0.0800. The van der Waals surface area contributed by atoms with E-state index in [0.717, 1.165) is 6.04 Å². The number of nitrogens with zero attached hydrogens (tertiary/aromatic N) is 1. The Morgan fingerprint density at radius 1 is 1.13 bits per heavy atom. The molecule has 1 saturated carbocycles. The van der Waals surface area contributed by atoms with Crippen LogP contribution in [0.2, 0.25) is 0 Å². The van der Waals surface area contributed by atoms with Crippen molar-refractivity contribution >= 4 is 0 Å². The first kappa shape index (κ1) is 11.4.